The number of aryl methyl sites for hydroxylation is 4. The second kappa shape index (κ2) is 9.78. The SMILES string of the molecule is CCc1cc(CCC(=O)c2sc(CC)c3c2CCC(C)(C)C3)cc(C)c1CCCO. The van der Waals surface area contributed by atoms with Gasteiger partial charge in [0.05, 0.1) is 4.88 Å². The summed E-state index contributed by atoms with van der Waals surface area (Å²) in [5.41, 5.74) is 8.52. The number of fused-ring (bicyclic) bond motifs is 1. The Balaban J connectivity index is 1.77. The van der Waals surface area contributed by atoms with Crippen molar-refractivity contribution in [1.29, 1.82) is 0 Å². The van der Waals surface area contributed by atoms with E-state index < -0.39 is 0 Å². The van der Waals surface area contributed by atoms with Gasteiger partial charge in [-0.25, -0.2) is 0 Å². The van der Waals surface area contributed by atoms with E-state index in [1.807, 2.05) is 0 Å². The van der Waals surface area contributed by atoms with Crippen LogP contribution in [0.3, 0.4) is 0 Å². The van der Waals surface area contributed by atoms with Crippen LogP contribution in [0.25, 0.3) is 0 Å². The highest BCUT2D eigenvalue weighted by Crippen LogP contribution is 2.42. The standard InChI is InChI=1S/C27H38O2S/c1-6-20-16-19(15-18(3)21(20)9-8-14-28)10-11-24(29)26-22-12-13-27(4,5)17-23(22)25(7-2)30-26/h15-16,28H,6-14,17H2,1-5H3. The molecular weight excluding hydrogens is 388 g/mol. The number of aliphatic hydroxyl groups is 1. The van der Waals surface area contributed by atoms with E-state index in [-0.39, 0.29) is 6.61 Å². The molecule has 1 aromatic carbocycles. The van der Waals surface area contributed by atoms with Gasteiger partial charge in [-0.05, 0) is 97.1 Å². The summed E-state index contributed by atoms with van der Waals surface area (Å²) in [7, 11) is 0. The largest absolute Gasteiger partial charge is 0.396 e. The molecule has 1 aliphatic carbocycles. The number of hydrogen-bond donors (Lipinski definition) is 1. The van der Waals surface area contributed by atoms with E-state index in [2.05, 4.69) is 46.8 Å². The molecule has 0 aliphatic heterocycles. The number of Topliss-reactive ketones (excluding diaryl/α,β-unsaturated/α-hetero) is 1. The Bertz CT molecular complexity index is 904. The molecule has 3 heteroatoms. The van der Waals surface area contributed by atoms with E-state index in [0.717, 1.165) is 49.8 Å². The maximum absolute atomic E-state index is 13.2. The first kappa shape index (κ1) is 23.2. The average molecular weight is 427 g/mol. The summed E-state index contributed by atoms with van der Waals surface area (Å²) < 4.78 is 0. The molecule has 164 valence electrons. The molecule has 0 amide bonds. The van der Waals surface area contributed by atoms with E-state index in [4.69, 9.17) is 0 Å². The lowest BCUT2D eigenvalue weighted by molar-refractivity contribution is 0.0985. The molecule has 1 N–H and O–H groups in total. The summed E-state index contributed by atoms with van der Waals surface area (Å²) in [5, 5.41) is 9.19. The first-order valence-corrected chi connectivity index (χ1v) is 12.5. The van der Waals surface area contributed by atoms with Crippen LogP contribution in [0.1, 0.15) is 94.9 Å². The molecule has 0 saturated heterocycles. The van der Waals surface area contributed by atoms with Crippen LogP contribution < -0.4 is 0 Å². The fourth-order valence-electron chi connectivity index (χ4n) is 4.98. The normalized spacial score (nSPS) is 15.3. The number of hydrogen-bond acceptors (Lipinski definition) is 3. The molecule has 0 unspecified atom stereocenters. The van der Waals surface area contributed by atoms with Crippen LogP contribution >= 0.6 is 11.3 Å². The molecule has 0 bridgehead atoms. The van der Waals surface area contributed by atoms with Crippen LogP contribution in [0.5, 0.6) is 0 Å². The quantitative estimate of drug-likeness (QED) is 0.469. The summed E-state index contributed by atoms with van der Waals surface area (Å²) in [6, 6.07) is 4.54. The molecule has 1 heterocycles. The van der Waals surface area contributed by atoms with Crippen molar-refractivity contribution < 1.29 is 9.90 Å². The van der Waals surface area contributed by atoms with E-state index in [0.29, 0.717) is 17.6 Å². The van der Waals surface area contributed by atoms with Gasteiger partial charge < -0.3 is 5.11 Å². The molecule has 0 fully saturated rings. The summed E-state index contributed by atoms with van der Waals surface area (Å²) in [5.74, 6) is 0.329. The smallest absolute Gasteiger partial charge is 0.173 e. The summed E-state index contributed by atoms with van der Waals surface area (Å²) in [6.07, 6.45) is 8.53. The first-order valence-electron chi connectivity index (χ1n) is 11.7. The van der Waals surface area contributed by atoms with Crippen LogP contribution in [-0.4, -0.2) is 17.5 Å². The number of carbonyl (C=O) groups excluding carboxylic acids is 1. The molecular formula is C27H38O2S. The molecule has 1 aliphatic rings. The minimum atomic E-state index is 0.237. The summed E-state index contributed by atoms with van der Waals surface area (Å²) >= 11 is 1.77. The number of ketones is 1. The topological polar surface area (TPSA) is 37.3 Å². The molecule has 2 aromatic rings. The van der Waals surface area contributed by atoms with Crippen molar-refractivity contribution in [3.05, 3.63) is 55.3 Å². The zero-order valence-electron chi connectivity index (χ0n) is 19.5. The van der Waals surface area contributed by atoms with Gasteiger partial charge in [0.15, 0.2) is 5.78 Å². The van der Waals surface area contributed by atoms with Crippen molar-refractivity contribution in [2.24, 2.45) is 5.41 Å². The van der Waals surface area contributed by atoms with Gasteiger partial charge in [-0.1, -0.05) is 39.8 Å². The monoisotopic (exact) mass is 426 g/mol. The molecule has 0 spiro atoms. The molecule has 0 atom stereocenters. The lowest BCUT2D eigenvalue weighted by atomic mass is 9.74. The number of benzene rings is 1. The van der Waals surface area contributed by atoms with Gasteiger partial charge in [-0.15, -0.1) is 11.3 Å². The Labute approximate surface area is 186 Å². The molecule has 1 aromatic heterocycles. The van der Waals surface area contributed by atoms with Gasteiger partial charge in [-0.2, -0.15) is 0 Å². The van der Waals surface area contributed by atoms with E-state index in [1.54, 1.807) is 11.3 Å². The Morgan fingerprint density at radius 2 is 1.90 bits per heavy atom. The molecule has 2 nitrogen and oxygen atoms in total. The predicted molar refractivity (Wildman–Crippen MR) is 128 cm³/mol. The maximum atomic E-state index is 13.2. The van der Waals surface area contributed by atoms with Crippen molar-refractivity contribution in [1.82, 2.24) is 0 Å². The second-order valence-corrected chi connectivity index (χ2v) is 10.8. The minimum absolute atomic E-state index is 0.237. The van der Waals surface area contributed by atoms with Gasteiger partial charge in [0.25, 0.3) is 0 Å². The van der Waals surface area contributed by atoms with Gasteiger partial charge in [0, 0.05) is 17.9 Å². The number of aliphatic hydroxyl groups excluding tert-OH is 1. The van der Waals surface area contributed by atoms with Crippen LogP contribution in [0.15, 0.2) is 12.1 Å². The number of rotatable bonds is 9. The third-order valence-electron chi connectivity index (χ3n) is 6.71. The van der Waals surface area contributed by atoms with E-state index in [9.17, 15) is 9.90 Å². The van der Waals surface area contributed by atoms with Crippen LogP contribution in [0.4, 0.5) is 0 Å². The predicted octanol–water partition coefficient (Wildman–Crippen LogP) is 6.44. The Morgan fingerprint density at radius 3 is 2.57 bits per heavy atom. The zero-order chi connectivity index (χ0) is 21.9. The van der Waals surface area contributed by atoms with Gasteiger partial charge in [0.1, 0.15) is 0 Å². The van der Waals surface area contributed by atoms with Crippen LogP contribution in [-0.2, 0) is 38.5 Å². The van der Waals surface area contributed by atoms with E-state index in [1.165, 1.54) is 44.7 Å². The Kier molecular flexibility index (Phi) is 7.57. The van der Waals surface area contributed by atoms with Crippen LogP contribution in [0, 0.1) is 12.3 Å². The Morgan fingerprint density at radius 1 is 1.13 bits per heavy atom. The van der Waals surface area contributed by atoms with Crippen LogP contribution in [0.2, 0.25) is 0 Å². The molecule has 3 rings (SSSR count). The zero-order valence-corrected chi connectivity index (χ0v) is 20.3. The van der Waals surface area contributed by atoms with Crippen molar-refractivity contribution in [2.45, 2.75) is 92.4 Å². The summed E-state index contributed by atoms with van der Waals surface area (Å²) in [6.45, 7) is 11.5. The molecule has 0 saturated carbocycles. The fraction of sp³-hybridized carbons (Fsp3) is 0.593. The Hall–Kier alpha value is -1.45. The third kappa shape index (κ3) is 5.06. The molecule has 0 radical (unpaired) electrons. The maximum Gasteiger partial charge on any atom is 0.173 e. The third-order valence-corrected chi connectivity index (χ3v) is 8.17. The highest BCUT2D eigenvalue weighted by molar-refractivity contribution is 7.14. The lowest BCUT2D eigenvalue weighted by Gasteiger charge is -2.30. The van der Waals surface area contributed by atoms with Gasteiger partial charge >= 0.3 is 0 Å². The van der Waals surface area contributed by atoms with Crippen molar-refractivity contribution in [2.75, 3.05) is 6.61 Å². The first-order chi connectivity index (χ1) is 14.3. The fourth-order valence-corrected chi connectivity index (χ4v) is 6.25. The van der Waals surface area contributed by atoms with Crippen molar-refractivity contribution in [3.63, 3.8) is 0 Å². The van der Waals surface area contributed by atoms with Crippen molar-refractivity contribution in [3.8, 4) is 0 Å². The minimum Gasteiger partial charge on any atom is -0.396 e. The number of thiophene rings is 1. The lowest BCUT2D eigenvalue weighted by Crippen LogP contribution is -2.22. The second-order valence-electron chi connectivity index (χ2n) is 9.66. The summed E-state index contributed by atoms with van der Waals surface area (Å²) in [4.78, 5) is 15.7. The van der Waals surface area contributed by atoms with Gasteiger partial charge in [0.2, 0.25) is 0 Å². The highest BCUT2D eigenvalue weighted by Gasteiger charge is 2.31. The van der Waals surface area contributed by atoms with Crippen molar-refractivity contribution >= 4 is 17.1 Å². The number of carbonyl (C=O) groups is 1. The highest BCUT2D eigenvalue weighted by atomic mass is 32.1. The average Bonchev–Trinajstić information content (AvgIpc) is 3.07. The molecule has 30 heavy (non-hydrogen) atoms. The van der Waals surface area contributed by atoms with Gasteiger partial charge in [-0.3, -0.25) is 4.79 Å². The van der Waals surface area contributed by atoms with E-state index >= 15 is 0 Å².